The fourth-order valence-corrected chi connectivity index (χ4v) is 1.85. The number of pyridine rings is 2. The number of halogens is 1. The Morgan fingerprint density at radius 1 is 1.32 bits per heavy atom. The van der Waals surface area contributed by atoms with Crippen molar-refractivity contribution >= 4 is 11.5 Å². The summed E-state index contributed by atoms with van der Waals surface area (Å²) in [6.07, 6.45) is 4.60. The van der Waals surface area contributed by atoms with Crippen molar-refractivity contribution in [1.82, 2.24) is 9.97 Å². The monoisotopic (exact) mass is 260 g/mol. The molecule has 100 valence electrons. The second-order valence-corrected chi connectivity index (χ2v) is 4.57. The van der Waals surface area contributed by atoms with Gasteiger partial charge in [-0.05, 0) is 30.7 Å². The Morgan fingerprint density at radius 3 is 2.79 bits per heavy atom. The van der Waals surface area contributed by atoms with Crippen LogP contribution >= 0.6 is 0 Å². The van der Waals surface area contributed by atoms with Crippen LogP contribution in [0, 0.1) is 5.82 Å². The minimum Gasteiger partial charge on any atom is -0.375 e. The van der Waals surface area contributed by atoms with E-state index in [9.17, 15) is 4.39 Å². The van der Waals surface area contributed by atoms with Crippen molar-refractivity contribution < 1.29 is 4.39 Å². The number of hydrogen-bond donors (Lipinski definition) is 1. The van der Waals surface area contributed by atoms with E-state index >= 15 is 0 Å². The second-order valence-electron chi connectivity index (χ2n) is 4.57. The molecule has 0 aliphatic rings. The zero-order valence-corrected chi connectivity index (χ0v) is 11.3. The van der Waals surface area contributed by atoms with E-state index in [1.807, 2.05) is 38.1 Å². The van der Waals surface area contributed by atoms with Gasteiger partial charge in [0.1, 0.15) is 5.82 Å². The van der Waals surface area contributed by atoms with Gasteiger partial charge in [0, 0.05) is 26.5 Å². The zero-order chi connectivity index (χ0) is 13.8. The highest BCUT2D eigenvalue weighted by atomic mass is 19.1. The van der Waals surface area contributed by atoms with E-state index in [0.717, 1.165) is 17.1 Å². The molecule has 5 heteroatoms. The Bertz CT molecular complexity index is 557. The molecule has 0 saturated carbocycles. The van der Waals surface area contributed by atoms with Gasteiger partial charge in [0.2, 0.25) is 0 Å². The van der Waals surface area contributed by atoms with Crippen molar-refractivity contribution in [2.75, 3.05) is 24.3 Å². The molecule has 0 saturated heterocycles. The molecule has 0 aromatic carbocycles. The van der Waals surface area contributed by atoms with Crippen LogP contribution < -0.4 is 10.2 Å². The highest BCUT2D eigenvalue weighted by molar-refractivity contribution is 5.65. The number of anilines is 2. The van der Waals surface area contributed by atoms with Crippen LogP contribution in [-0.2, 0) is 0 Å². The molecule has 0 amide bonds. The molecule has 19 heavy (non-hydrogen) atoms. The summed E-state index contributed by atoms with van der Waals surface area (Å²) in [5.41, 5.74) is 1.71. The molecule has 1 atom stereocenters. The van der Waals surface area contributed by atoms with Crippen LogP contribution in [0.25, 0.3) is 0 Å². The van der Waals surface area contributed by atoms with Crippen molar-refractivity contribution in [3.63, 3.8) is 0 Å². The van der Waals surface area contributed by atoms with Crippen LogP contribution in [0.5, 0.6) is 0 Å². The molecule has 0 radical (unpaired) electrons. The second kappa shape index (κ2) is 5.65. The molecule has 0 aliphatic heterocycles. The fraction of sp³-hybridized carbons (Fsp3) is 0.286. The van der Waals surface area contributed by atoms with E-state index in [1.165, 1.54) is 12.3 Å². The van der Waals surface area contributed by atoms with Gasteiger partial charge in [-0.2, -0.15) is 0 Å². The van der Waals surface area contributed by atoms with Gasteiger partial charge in [0.15, 0.2) is 5.82 Å². The maximum Gasteiger partial charge on any atom is 0.151 e. The summed E-state index contributed by atoms with van der Waals surface area (Å²) in [5.74, 6) is 0.517. The number of rotatable bonds is 4. The summed E-state index contributed by atoms with van der Waals surface area (Å²) < 4.78 is 13.2. The summed E-state index contributed by atoms with van der Waals surface area (Å²) in [6, 6.07) is 5.25. The predicted octanol–water partition coefficient (Wildman–Crippen LogP) is 2.85. The average molecular weight is 260 g/mol. The lowest BCUT2D eigenvalue weighted by Crippen LogP contribution is -2.15. The molecule has 4 nitrogen and oxygen atoms in total. The van der Waals surface area contributed by atoms with E-state index in [-0.39, 0.29) is 11.9 Å². The molecule has 1 unspecified atom stereocenters. The van der Waals surface area contributed by atoms with Gasteiger partial charge >= 0.3 is 0 Å². The van der Waals surface area contributed by atoms with Crippen LogP contribution in [-0.4, -0.2) is 24.1 Å². The number of nitrogens with one attached hydrogen (secondary N) is 1. The van der Waals surface area contributed by atoms with Gasteiger partial charge in [-0.3, -0.25) is 4.98 Å². The van der Waals surface area contributed by atoms with Gasteiger partial charge in [-0.25, -0.2) is 9.37 Å². The largest absolute Gasteiger partial charge is 0.375 e. The third-order valence-electron chi connectivity index (χ3n) is 2.81. The first kappa shape index (κ1) is 13.3. The highest BCUT2D eigenvalue weighted by Gasteiger charge is 2.11. The normalized spacial score (nSPS) is 12.0. The van der Waals surface area contributed by atoms with Gasteiger partial charge in [0.05, 0.1) is 17.9 Å². The standard InChI is InChI=1S/C14H17FN4/c1-10(11-7-12(15)9-16-8-11)18-13-5-4-6-17-14(13)19(2)3/h4-10,18H,1-3H3. The Morgan fingerprint density at radius 2 is 2.11 bits per heavy atom. The first-order valence-corrected chi connectivity index (χ1v) is 6.07. The molecule has 2 heterocycles. The molecule has 1 N–H and O–H groups in total. The molecule has 2 rings (SSSR count). The number of aromatic nitrogens is 2. The van der Waals surface area contributed by atoms with Crippen LogP contribution in [0.1, 0.15) is 18.5 Å². The molecule has 0 bridgehead atoms. The zero-order valence-electron chi connectivity index (χ0n) is 11.3. The smallest absolute Gasteiger partial charge is 0.151 e. The van der Waals surface area contributed by atoms with Crippen molar-refractivity contribution in [2.24, 2.45) is 0 Å². The molecule has 0 fully saturated rings. The van der Waals surface area contributed by atoms with E-state index < -0.39 is 0 Å². The van der Waals surface area contributed by atoms with E-state index in [1.54, 1.807) is 12.4 Å². The van der Waals surface area contributed by atoms with Crippen LogP contribution in [0.3, 0.4) is 0 Å². The Hall–Kier alpha value is -2.17. The van der Waals surface area contributed by atoms with E-state index in [0.29, 0.717) is 0 Å². The number of hydrogen-bond acceptors (Lipinski definition) is 4. The maximum atomic E-state index is 13.2. The summed E-state index contributed by atoms with van der Waals surface area (Å²) in [6.45, 7) is 1.96. The fourth-order valence-electron chi connectivity index (χ4n) is 1.85. The van der Waals surface area contributed by atoms with Crippen LogP contribution in [0.2, 0.25) is 0 Å². The minimum absolute atomic E-state index is 0.0499. The van der Waals surface area contributed by atoms with Crippen molar-refractivity contribution in [1.29, 1.82) is 0 Å². The summed E-state index contributed by atoms with van der Waals surface area (Å²) >= 11 is 0. The SMILES string of the molecule is CC(Nc1cccnc1N(C)C)c1cncc(F)c1. The Balaban J connectivity index is 2.22. The average Bonchev–Trinajstić information content (AvgIpc) is 2.39. The Kier molecular flexibility index (Phi) is 3.94. The lowest BCUT2D eigenvalue weighted by atomic mass is 10.1. The third-order valence-corrected chi connectivity index (χ3v) is 2.81. The maximum absolute atomic E-state index is 13.2. The van der Waals surface area contributed by atoms with Crippen molar-refractivity contribution in [2.45, 2.75) is 13.0 Å². The van der Waals surface area contributed by atoms with Gasteiger partial charge in [-0.1, -0.05) is 0 Å². The molecule has 2 aromatic heterocycles. The highest BCUT2D eigenvalue weighted by Crippen LogP contribution is 2.25. The molecule has 2 aromatic rings. The molecular weight excluding hydrogens is 243 g/mol. The summed E-state index contributed by atoms with van der Waals surface area (Å²) in [7, 11) is 3.86. The third kappa shape index (κ3) is 3.19. The molecule has 0 spiro atoms. The quantitative estimate of drug-likeness (QED) is 0.917. The summed E-state index contributed by atoms with van der Waals surface area (Å²) in [5, 5.41) is 3.32. The first-order valence-electron chi connectivity index (χ1n) is 6.07. The lowest BCUT2D eigenvalue weighted by molar-refractivity contribution is 0.616. The number of nitrogens with zero attached hydrogens (tertiary/aromatic N) is 3. The lowest BCUT2D eigenvalue weighted by Gasteiger charge is -2.20. The van der Waals surface area contributed by atoms with Gasteiger partial charge < -0.3 is 10.2 Å². The van der Waals surface area contributed by atoms with E-state index in [2.05, 4.69) is 15.3 Å². The summed E-state index contributed by atoms with van der Waals surface area (Å²) in [4.78, 5) is 10.1. The van der Waals surface area contributed by atoms with Crippen molar-refractivity contribution in [3.05, 3.63) is 48.2 Å². The van der Waals surface area contributed by atoms with Crippen LogP contribution in [0.15, 0.2) is 36.8 Å². The first-order chi connectivity index (χ1) is 9.08. The minimum atomic E-state index is -0.329. The van der Waals surface area contributed by atoms with Gasteiger partial charge in [-0.15, -0.1) is 0 Å². The van der Waals surface area contributed by atoms with Gasteiger partial charge in [0.25, 0.3) is 0 Å². The Labute approximate surface area is 112 Å². The van der Waals surface area contributed by atoms with Crippen molar-refractivity contribution in [3.8, 4) is 0 Å². The van der Waals surface area contributed by atoms with E-state index in [4.69, 9.17) is 0 Å². The topological polar surface area (TPSA) is 41.1 Å². The predicted molar refractivity (Wildman–Crippen MR) is 74.8 cm³/mol. The van der Waals surface area contributed by atoms with Crippen LogP contribution in [0.4, 0.5) is 15.9 Å². The molecule has 0 aliphatic carbocycles. The molecular formula is C14H17FN4.